The van der Waals surface area contributed by atoms with Crippen molar-refractivity contribution in [2.24, 2.45) is 0 Å². The molecule has 0 saturated heterocycles. The molecule has 1 aromatic heterocycles. The third kappa shape index (κ3) is 1.27. The highest BCUT2D eigenvalue weighted by atomic mass is 19.1. The molecule has 0 bridgehead atoms. The normalized spacial score (nSPS) is 13.5. The highest BCUT2D eigenvalue weighted by Gasteiger charge is 2.11. The quantitative estimate of drug-likeness (QED) is 0.724. The molecule has 1 heterocycles. The van der Waals surface area contributed by atoms with Gasteiger partial charge in [0.1, 0.15) is 5.52 Å². The van der Waals surface area contributed by atoms with Crippen molar-refractivity contribution in [2.45, 2.75) is 13.0 Å². The fourth-order valence-electron chi connectivity index (χ4n) is 1.11. The van der Waals surface area contributed by atoms with Crippen molar-refractivity contribution in [2.75, 3.05) is 0 Å². The van der Waals surface area contributed by atoms with Crippen LogP contribution in [-0.4, -0.2) is 15.4 Å². The van der Waals surface area contributed by atoms with Crippen molar-refractivity contribution < 1.29 is 14.1 Å². The van der Waals surface area contributed by atoms with Crippen LogP contribution < -0.4 is 0 Å². The molecule has 1 atom stereocenters. The van der Waals surface area contributed by atoms with E-state index in [9.17, 15) is 9.50 Å². The predicted molar refractivity (Wildman–Crippen MR) is 42.4 cm³/mol. The zero-order valence-electron chi connectivity index (χ0n) is 6.86. The van der Waals surface area contributed by atoms with Gasteiger partial charge >= 0.3 is 0 Å². The zero-order chi connectivity index (χ0) is 9.42. The molecule has 0 aliphatic carbocycles. The van der Waals surface area contributed by atoms with Crippen LogP contribution in [0.4, 0.5) is 4.39 Å². The fraction of sp³-hybridized carbons (Fsp3) is 0.250. The van der Waals surface area contributed by atoms with Crippen LogP contribution >= 0.6 is 0 Å². The maximum atomic E-state index is 13.2. The Balaban J connectivity index is 2.70. The second-order valence-electron chi connectivity index (χ2n) is 2.81. The standard InChI is InChI=1S/C8H7FN2O2/c1-4(12)5-2-6(9)8-7(3-5)10-13-11-8/h2-4,12H,1H3. The zero-order valence-corrected chi connectivity index (χ0v) is 6.86. The smallest absolute Gasteiger partial charge is 0.170 e. The first kappa shape index (κ1) is 8.12. The van der Waals surface area contributed by atoms with Gasteiger partial charge in [0.05, 0.1) is 6.10 Å². The molecular weight excluding hydrogens is 175 g/mol. The summed E-state index contributed by atoms with van der Waals surface area (Å²) in [7, 11) is 0. The van der Waals surface area contributed by atoms with Gasteiger partial charge in [-0.1, -0.05) is 0 Å². The summed E-state index contributed by atoms with van der Waals surface area (Å²) in [5, 5.41) is 16.1. The van der Waals surface area contributed by atoms with Gasteiger partial charge in [-0.15, -0.1) is 0 Å². The first-order valence-corrected chi connectivity index (χ1v) is 3.78. The number of nitrogens with zero attached hydrogens (tertiary/aromatic N) is 2. The lowest BCUT2D eigenvalue weighted by Gasteiger charge is -2.02. The van der Waals surface area contributed by atoms with Gasteiger partial charge in [-0.05, 0) is 34.9 Å². The Morgan fingerprint density at radius 3 is 2.92 bits per heavy atom. The van der Waals surface area contributed by atoms with E-state index in [4.69, 9.17) is 0 Å². The molecule has 0 saturated carbocycles. The number of fused-ring (bicyclic) bond motifs is 1. The van der Waals surface area contributed by atoms with Crippen LogP contribution in [-0.2, 0) is 0 Å². The Morgan fingerprint density at radius 1 is 1.46 bits per heavy atom. The summed E-state index contributed by atoms with van der Waals surface area (Å²) < 4.78 is 17.5. The molecule has 0 fully saturated rings. The van der Waals surface area contributed by atoms with Crippen LogP contribution in [0.2, 0.25) is 0 Å². The van der Waals surface area contributed by atoms with Crippen molar-refractivity contribution in [1.82, 2.24) is 10.3 Å². The summed E-state index contributed by atoms with van der Waals surface area (Å²) in [6.07, 6.45) is -0.726. The second kappa shape index (κ2) is 2.77. The third-order valence-electron chi connectivity index (χ3n) is 1.82. The molecule has 1 aromatic carbocycles. The molecule has 1 unspecified atom stereocenters. The highest BCUT2D eigenvalue weighted by molar-refractivity contribution is 5.74. The minimum atomic E-state index is -0.726. The number of aliphatic hydroxyl groups excluding tert-OH is 1. The Kier molecular flexibility index (Phi) is 1.73. The number of aromatic nitrogens is 2. The number of halogens is 1. The molecule has 13 heavy (non-hydrogen) atoms. The summed E-state index contributed by atoms with van der Waals surface area (Å²) in [5.41, 5.74) is 0.862. The molecule has 2 rings (SSSR count). The number of hydrogen-bond acceptors (Lipinski definition) is 4. The van der Waals surface area contributed by atoms with Crippen molar-refractivity contribution in [1.29, 1.82) is 0 Å². The topological polar surface area (TPSA) is 59.2 Å². The lowest BCUT2D eigenvalue weighted by molar-refractivity contribution is 0.199. The van der Waals surface area contributed by atoms with Crippen molar-refractivity contribution in [3.63, 3.8) is 0 Å². The van der Waals surface area contributed by atoms with E-state index in [2.05, 4.69) is 14.9 Å². The lowest BCUT2D eigenvalue weighted by Crippen LogP contribution is -1.92. The van der Waals surface area contributed by atoms with Crippen LogP contribution in [0.15, 0.2) is 16.8 Å². The summed E-state index contributed by atoms with van der Waals surface area (Å²) >= 11 is 0. The minimum absolute atomic E-state index is 0.0874. The van der Waals surface area contributed by atoms with Gasteiger partial charge in [0.15, 0.2) is 11.3 Å². The largest absolute Gasteiger partial charge is 0.389 e. The second-order valence-corrected chi connectivity index (χ2v) is 2.81. The van der Waals surface area contributed by atoms with Crippen LogP contribution in [0.3, 0.4) is 0 Å². The van der Waals surface area contributed by atoms with Crippen molar-refractivity contribution >= 4 is 11.0 Å². The Morgan fingerprint density at radius 2 is 2.23 bits per heavy atom. The number of benzene rings is 1. The lowest BCUT2D eigenvalue weighted by atomic mass is 10.1. The molecule has 0 aliphatic rings. The van der Waals surface area contributed by atoms with E-state index in [1.165, 1.54) is 6.07 Å². The van der Waals surface area contributed by atoms with E-state index in [1.807, 2.05) is 0 Å². The number of hydrogen-bond donors (Lipinski definition) is 1. The van der Waals surface area contributed by atoms with Gasteiger partial charge in [0, 0.05) is 0 Å². The van der Waals surface area contributed by atoms with Gasteiger partial charge in [-0.3, -0.25) is 0 Å². The number of aliphatic hydroxyl groups is 1. The summed E-state index contributed by atoms with van der Waals surface area (Å²) in [6, 6.07) is 2.76. The summed E-state index contributed by atoms with van der Waals surface area (Å²) in [5.74, 6) is -0.533. The first-order chi connectivity index (χ1) is 6.18. The van der Waals surface area contributed by atoms with Gasteiger partial charge in [-0.25, -0.2) is 9.02 Å². The molecule has 0 spiro atoms. The molecule has 0 amide bonds. The SMILES string of the molecule is CC(O)c1cc(F)c2nonc2c1. The van der Waals surface area contributed by atoms with E-state index in [1.54, 1.807) is 13.0 Å². The maximum Gasteiger partial charge on any atom is 0.170 e. The minimum Gasteiger partial charge on any atom is -0.389 e. The van der Waals surface area contributed by atoms with E-state index < -0.39 is 11.9 Å². The Bertz CT molecular complexity index is 439. The fourth-order valence-corrected chi connectivity index (χ4v) is 1.11. The number of rotatable bonds is 1. The third-order valence-corrected chi connectivity index (χ3v) is 1.82. The van der Waals surface area contributed by atoms with Gasteiger partial charge < -0.3 is 5.11 Å². The summed E-state index contributed by atoms with van der Waals surface area (Å²) in [4.78, 5) is 0. The van der Waals surface area contributed by atoms with Gasteiger partial charge in [0.25, 0.3) is 0 Å². The van der Waals surface area contributed by atoms with Crippen molar-refractivity contribution in [3.05, 3.63) is 23.5 Å². The summed E-state index contributed by atoms with van der Waals surface area (Å²) in [6.45, 7) is 1.55. The van der Waals surface area contributed by atoms with Crippen LogP contribution in [0.5, 0.6) is 0 Å². The van der Waals surface area contributed by atoms with Crippen LogP contribution in [0.1, 0.15) is 18.6 Å². The molecule has 2 aromatic rings. The molecule has 4 nitrogen and oxygen atoms in total. The molecule has 0 radical (unpaired) electrons. The van der Waals surface area contributed by atoms with Crippen LogP contribution in [0, 0.1) is 5.82 Å². The molecule has 5 heteroatoms. The van der Waals surface area contributed by atoms with Gasteiger partial charge in [0.2, 0.25) is 0 Å². The highest BCUT2D eigenvalue weighted by Crippen LogP contribution is 2.20. The van der Waals surface area contributed by atoms with E-state index in [0.717, 1.165) is 0 Å². The molecular formula is C8H7FN2O2. The maximum absolute atomic E-state index is 13.2. The predicted octanol–water partition coefficient (Wildman–Crippen LogP) is 1.42. The monoisotopic (exact) mass is 182 g/mol. The first-order valence-electron chi connectivity index (χ1n) is 3.78. The van der Waals surface area contributed by atoms with E-state index >= 15 is 0 Å². The Labute approximate surface area is 72.9 Å². The average molecular weight is 182 g/mol. The van der Waals surface area contributed by atoms with Crippen molar-refractivity contribution in [3.8, 4) is 0 Å². The van der Waals surface area contributed by atoms with E-state index in [-0.39, 0.29) is 5.52 Å². The van der Waals surface area contributed by atoms with Gasteiger partial charge in [-0.2, -0.15) is 0 Å². The van der Waals surface area contributed by atoms with E-state index in [0.29, 0.717) is 11.1 Å². The molecule has 1 N–H and O–H groups in total. The Hall–Kier alpha value is -1.49. The molecule has 0 aliphatic heterocycles. The molecule has 68 valence electrons. The average Bonchev–Trinajstić information content (AvgIpc) is 2.51. The van der Waals surface area contributed by atoms with Crippen LogP contribution in [0.25, 0.3) is 11.0 Å².